The molecule has 1 heterocycles. The second-order valence-corrected chi connectivity index (χ2v) is 7.82. The Bertz CT molecular complexity index is 627. The zero-order chi connectivity index (χ0) is 16.6. The summed E-state index contributed by atoms with van der Waals surface area (Å²) >= 11 is 1.55. The molecule has 1 saturated carbocycles. The molecule has 4 nitrogen and oxygen atoms in total. The van der Waals surface area contributed by atoms with E-state index in [-0.39, 0.29) is 17.7 Å². The first kappa shape index (κ1) is 16.4. The number of carboxylic acid groups (broad SMARTS) is 1. The minimum Gasteiger partial charge on any atom is -0.481 e. The van der Waals surface area contributed by atoms with Crippen molar-refractivity contribution in [1.29, 1.82) is 0 Å². The van der Waals surface area contributed by atoms with Crippen LogP contribution in [-0.2, 0) is 9.59 Å². The lowest BCUT2D eigenvalue weighted by Gasteiger charge is -2.16. The molecule has 0 radical (unpaired) electrons. The fourth-order valence-corrected chi connectivity index (χ4v) is 4.42. The third kappa shape index (κ3) is 3.71. The van der Waals surface area contributed by atoms with Crippen LogP contribution in [0.4, 0.5) is 0 Å². The van der Waals surface area contributed by atoms with Crippen molar-refractivity contribution in [2.75, 3.05) is 18.8 Å². The van der Waals surface area contributed by atoms with Gasteiger partial charge in [0.1, 0.15) is 0 Å². The Morgan fingerprint density at radius 1 is 1.26 bits per heavy atom. The Morgan fingerprint density at radius 3 is 2.65 bits per heavy atom. The molecule has 5 heteroatoms. The Kier molecular flexibility index (Phi) is 4.67. The lowest BCUT2D eigenvalue weighted by molar-refractivity contribution is -0.142. The van der Waals surface area contributed by atoms with Crippen molar-refractivity contribution in [3.05, 3.63) is 29.3 Å². The van der Waals surface area contributed by atoms with Gasteiger partial charge in [0.15, 0.2) is 0 Å². The highest BCUT2D eigenvalue weighted by Crippen LogP contribution is 2.44. The first-order valence-electron chi connectivity index (χ1n) is 8.16. The summed E-state index contributed by atoms with van der Waals surface area (Å²) in [4.78, 5) is 26.8. The second kappa shape index (κ2) is 6.56. The standard InChI is InChI=1S/C18H23NO3S/c1-11-3-4-12(2)16(7-11)23-10-17(20)19-8-14(13-5-6-13)15(9-19)18(21)22/h3-4,7,13-15H,5-6,8-10H2,1-2H3,(H,21,22)/t14-,15+/m1/s1. The lowest BCUT2D eigenvalue weighted by Crippen LogP contribution is -2.31. The number of rotatable bonds is 5. The van der Waals surface area contributed by atoms with Gasteiger partial charge in [-0.15, -0.1) is 11.8 Å². The van der Waals surface area contributed by atoms with Gasteiger partial charge in [0.25, 0.3) is 0 Å². The van der Waals surface area contributed by atoms with Crippen LogP contribution in [0.5, 0.6) is 0 Å². The Morgan fingerprint density at radius 2 is 2.00 bits per heavy atom. The lowest BCUT2D eigenvalue weighted by atomic mass is 9.92. The Labute approximate surface area is 141 Å². The zero-order valence-electron chi connectivity index (χ0n) is 13.6. The number of carbonyl (C=O) groups is 2. The molecule has 0 unspecified atom stereocenters. The van der Waals surface area contributed by atoms with Crippen molar-refractivity contribution in [1.82, 2.24) is 4.90 Å². The maximum absolute atomic E-state index is 12.5. The first-order valence-corrected chi connectivity index (χ1v) is 9.15. The van der Waals surface area contributed by atoms with Gasteiger partial charge in [0.2, 0.25) is 5.91 Å². The molecular formula is C18H23NO3S. The SMILES string of the molecule is Cc1ccc(C)c(SCC(=O)N2C[C@H](C(=O)O)[C@@H](C3CC3)C2)c1. The highest BCUT2D eigenvalue weighted by atomic mass is 32.2. The van der Waals surface area contributed by atoms with E-state index in [0.717, 1.165) is 17.7 Å². The summed E-state index contributed by atoms with van der Waals surface area (Å²) in [5.41, 5.74) is 2.36. The smallest absolute Gasteiger partial charge is 0.308 e. The molecule has 1 saturated heterocycles. The van der Waals surface area contributed by atoms with Crippen LogP contribution in [0.3, 0.4) is 0 Å². The molecule has 2 atom stereocenters. The van der Waals surface area contributed by atoms with Crippen LogP contribution in [0.25, 0.3) is 0 Å². The second-order valence-electron chi connectivity index (χ2n) is 6.80. The minimum atomic E-state index is -0.751. The van der Waals surface area contributed by atoms with Crippen LogP contribution in [0, 0.1) is 31.6 Å². The summed E-state index contributed by atoms with van der Waals surface area (Å²) in [7, 11) is 0. The molecule has 1 aliphatic carbocycles. The average Bonchev–Trinajstić information content (AvgIpc) is 3.26. The van der Waals surface area contributed by atoms with Crippen molar-refractivity contribution in [2.45, 2.75) is 31.6 Å². The molecule has 23 heavy (non-hydrogen) atoms. The maximum atomic E-state index is 12.5. The molecule has 1 N–H and O–H groups in total. The molecule has 2 fully saturated rings. The van der Waals surface area contributed by atoms with Gasteiger partial charge in [-0.1, -0.05) is 17.7 Å². The molecule has 0 aromatic heterocycles. The average molecular weight is 333 g/mol. The summed E-state index contributed by atoms with van der Waals surface area (Å²) in [5.74, 6) is -0.0156. The molecule has 3 rings (SSSR count). The van der Waals surface area contributed by atoms with E-state index in [1.54, 1.807) is 16.7 Å². The van der Waals surface area contributed by atoms with Crippen molar-refractivity contribution in [2.24, 2.45) is 17.8 Å². The Hall–Kier alpha value is -1.49. The van der Waals surface area contributed by atoms with Crippen LogP contribution in [0.2, 0.25) is 0 Å². The van der Waals surface area contributed by atoms with Crippen LogP contribution in [0.15, 0.2) is 23.1 Å². The van der Waals surface area contributed by atoms with Gasteiger partial charge in [0.05, 0.1) is 11.7 Å². The maximum Gasteiger partial charge on any atom is 0.308 e. The van der Waals surface area contributed by atoms with Crippen molar-refractivity contribution >= 4 is 23.6 Å². The van der Waals surface area contributed by atoms with Crippen LogP contribution in [0.1, 0.15) is 24.0 Å². The number of likely N-dealkylation sites (tertiary alicyclic amines) is 1. The van der Waals surface area contributed by atoms with E-state index < -0.39 is 5.97 Å². The van der Waals surface area contributed by atoms with Crippen molar-refractivity contribution < 1.29 is 14.7 Å². The quantitative estimate of drug-likeness (QED) is 0.842. The number of hydrogen-bond donors (Lipinski definition) is 1. The van der Waals surface area contributed by atoms with E-state index in [1.807, 2.05) is 13.8 Å². The van der Waals surface area contributed by atoms with E-state index in [2.05, 4.69) is 18.2 Å². The summed E-state index contributed by atoms with van der Waals surface area (Å²) in [6, 6.07) is 6.24. The number of hydrogen-bond acceptors (Lipinski definition) is 3. The van der Waals surface area contributed by atoms with Gasteiger partial charge in [-0.2, -0.15) is 0 Å². The fraction of sp³-hybridized carbons (Fsp3) is 0.556. The monoisotopic (exact) mass is 333 g/mol. The first-order chi connectivity index (χ1) is 11.0. The van der Waals surface area contributed by atoms with Gasteiger partial charge >= 0.3 is 5.97 Å². The third-order valence-electron chi connectivity index (χ3n) is 4.96. The molecular weight excluding hydrogens is 310 g/mol. The molecule has 124 valence electrons. The van der Waals surface area contributed by atoms with Gasteiger partial charge < -0.3 is 10.0 Å². The number of aliphatic carboxylic acids is 1. The van der Waals surface area contributed by atoms with Gasteiger partial charge in [-0.3, -0.25) is 9.59 Å². The number of thioether (sulfide) groups is 1. The summed E-state index contributed by atoms with van der Waals surface area (Å²) in [5, 5.41) is 9.39. The van der Waals surface area contributed by atoms with E-state index in [1.165, 1.54) is 11.1 Å². The topological polar surface area (TPSA) is 57.6 Å². The molecule has 1 aliphatic heterocycles. The zero-order valence-corrected chi connectivity index (χ0v) is 14.4. The molecule has 1 amide bonds. The van der Waals surface area contributed by atoms with E-state index >= 15 is 0 Å². The molecule has 0 spiro atoms. The van der Waals surface area contributed by atoms with E-state index in [0.29, 0.717) is 24.8 Å². The van der Waals surface area contributed by atoms with E-state index in [9.17, 15) is 14.7 Å². The summed E-state index contributed by atoms with van der Waals surface area (Å²) in [6.07, 6.45) is 2.24. The molecule has 0 bridgehead atoms. The molecule has 1 aromatic rings. The van der Waals surface area contributed by atoms with E-state index in [4.69, 9.17) is 0 Å². The predicted molar refractivity (Wildman–Crippen MR) is 90.6 cm³/mol. The summed E-state index contributed by atoms with van der Waals surface area (Å²) < 4.78 is 0. The number of carbonyl (C=O) groups excluding carboxylic acids is 1. The molecule has 2 aliphatic rings. The van der Waals surface area contributed by atoms with Crippen LogP contribution >= 0.6 is 11.8 Å². The highest BCUT2D eigenvalue weighted by molar-refractivity contribution is 8.00. The van der Waals surface area contributed by atoms with Gasteiger partial charge in [0, 0.05) is 18.0 Å². The number of amides is 1. The number of nitrogens with zero attached hydrogens (tertiary/aromatic N) is 1. The molecule has 1 aromatic carbocycles. The number of aryl methyl sites for hydroxylation is 2. The van der Waals surface area contributed by atoms with Gasteiger partial charge in [-0.25, -0.2) is 0 Å². The predicted octanol–water partition coefficient (Wildman–Crippen LogP) is 2.96. The Balaban J connectivity index is 1.60. The third-order valence-corrected chi connectivity index (χ3v) is 6.10. The normalized spacial score (nSPS) is 24.0. The van der Waals surface area contributed by atoms with Crippen molar-refractivity contribution in [3.8, 4) is 0 Å². The van der Waals surface area contributed by atoms with Crippen molar-refractivity contribution in [3.63, 3.8) is 0 Å². The summed E-state index contributed by atoms with van der Waals surface area (Å²) in [6.45, 7) is 5.09. The van der Waals surface area contributed by atoms with Gasteiger partial charge in [-0.05, 0) is 50.2 Å². The van der Waals surface area contributed by atoms with Crippen LogP contribution in [-0.4, -0.2) is 40.7 Å². The van der Waals surface area contributed by atoms with Crippen LogP contribution < -0.4 is 0 Å². The number of carboxylic acids is 1. The number of benzene rings is 1. The highest BCUT2D eigenvalue weighted by Gasteiger charge is 2.46. The fourth-order valence-electron chi connectivity index (χ4n) is 3.39. The minimum absolute atomic E-state index is 0.0605. The largest absolute Gasteiger partial charge is 0.481 e.